The van der Waals surface area contributed by atoms with Crippen molar-refractivity contribution in [2.24, 2.45) is 0 Å². The summed E-state index contributed by atoms with van der Waals surface area (Å²) in [5.74, 6) is 0. The van der Waals surface area contributed by atoms with Gasteiger partial charge in [0.15, 0.2) is 0 Å². The molecule has 56 valence electrons. The number of hydrogen-bond acceptors (Lipinski definition) is 4. The van der Waals surface area contributed by atoms with Crippen LogP contribution in [0.25, 0.3) is 0 Å². The third kappa shape index (κ3) is 1.46. The Labute approximate surface area is 63.5 Å². The number of nitrogens with zero attached hydrogens (tertiary/aromatic N) is 1. The molecule has 10 heavy (non-hydrogen) atoms. The van der Waals surface area contributed by atoms with Crippen molar-refractivity contribution in [1.29, 1.82) is 0 Å². The molecule has 0 saturated carbocycles. The van der Waals surface area contributed by atoms with Crippen LogP contribution in [0.15, 0.2) is 6.20 Å². The smallest absolute Gasteiger partial charge is 0.126 e. The van der Waals surface area contributed by atoms with E-state index in [0.29, 0.717) is 10.0 Å². The van der Waals surface area contributed by atoms with Crippen LogP contribution in [0.1, 0.15) is 18.9 Å². The highest BCUT2D eigenvalue weighted by Gasteiger charge is 2.19. The normalized spacial score (nSPS) is 11.9. The summed E-state index contributed by atoms with van der Waals surface area (Å²) in [5.41, 5.74) is 4.56. The van der Waals surface area contributed by atoms with E-state index in [0.717, 1.165) is 0 Å². The first-order valence-corrected chi connectivity index (χ1v) is 3.76. The number of nitrogen functional groups attached to an aromatic ring is 1. The van der Waals surface area contributed by atoms with Gasteiger partial charge in [0.1, 0.15) is 15.6 Å². The van der Waals surface area contributed by atoms with E-state index >= 15 is 0 Å². The Bertz CT molecular complexity index is 226. The van der Waals surface area contributed by atoms with Gasteiger partial charge < -0.3 is 10.8 Å². The van der Waals surface area contributed by atoms with Gasteiger partial charge in [0.05, 0.1) is 6.20 Å². The van der Waals surface area contributed by atoms with Gasteiger partial charge in [0.2, 0.25) is 0 Å². The largest absolute Gasteiger partial charge is 0.389 e. The van der Waals surface area contributed by atoms with Crippen LogP contribution < -0.4 is 5.73 Å². The average Bonchev–Trinajstić information content (AvgIpc) is 2.11. The Morgan fingerprint density at radius 3 is 2.50 bits per heavy atom. The fraction of sp³-hybridized carbons (Fsp3) is 0.500. The van der Waals surface area contributed by atoms with Crippen LogP contribution in [0, 0.1) is 0 Å². The van der Waals surface area contributed by atoms with Gasteiger partial charge in [-0.15, -0.1) is 0 Å². The van der Waals surface area contributed by atoms with Gasteiger partial charge in [-0.1, -0.05) is 11.3 Å². The Morgan fingerprint density at radius 2 is 2.30 bits per heavy atom. The van der Waals surface area contributed by atoms with E-state index in [-0.39, 0.29) is 0 Å². The Balaban J connectivity index is 2.96. The molecule has 0 aliphatic rings. The second-order valence-corrected chi connectivity index (χ2v) is 3.69. The van der Waals surface area contributed by atoms with Crippen LogP contribution in [-0.2, 0) is 5.60 Å². The molecule has 0 aromatic carbocycles. The summed E-state index contributed by atoms with van der Waals surface area (Å²) >= 11 is 1.31. The maximum Gasteiger partial charge on any atom is 0.126 e. The van der Waals surface area contributed by atoms with E-state index in [1.807, 2.05) is 0 Å². The fourth-order valence-corrected chi connectivity index (χ4v) is 1.25. The highest BCUT2D eigenvalue weighted by Crippen LogP contribution is 2.25. The lowest BCUT2D eigenvalue weighted by atomic mass is 10.2. The molecule has 0 unspecified atom stereocenters. The van der Waals surface area contributed by atoms with E-state index in [4.69, 9.17) is 5.73 Å². The molecule has 0 radical (unpaired) electrons. The number of aliphatic hydroxyl groups is 1. The van der Waals surface area contributed by atoms with Gasteiger partial charge in [0, 0.05) is 0 Å². The number of hydrogen-bond donors (Lipinski definition) is 2. The van der Waals surface area contributed by atoms with E-state index in [9.17, 15) is 5.11 Å². The van der Waals surface area contributed by atoms with Crippen LogP contribution in [0.4, 0.5) is 5.00 Å². The van der Waals surface area contributed by atoms with Crippen molar-refractivity contribution in [2.45, 2.75) is 19.4 Å². The quantitative estimate of drug-likeness (QED) is 0.639. The molecule has 3 nitrogen and oxygen atoms in total. The minimum atomic E-state index is -0.859. The average molecular weight is 158 g/mol. The molecule has 0 aliphatic heterocycles. The maximum absolute atomic E-state index is 9.39. The first kappa shape index (κ1) is 7.50. The summed E-state index contributed by atoms with van der Waals surface area (Å²) in [6, 6.07) is 0. The standard InChI is InChI=1S/C6H10N2OS/c1-6(2,9)5-8-3-4(7)10-5/h3,9H,7H2,1-2H3. The monoisotopic (exact) mass is 158 g/mol. The van der Waals surface area contributed by atoms with E-state index in [1.165, 1.54) is 11.3 Å². The van der Waals surface area contributed by atoms with Gasteiger partial charge in [-0.2, -0.15) is 0 Å². The maximum atomic E-state index is 9.39. The molecule has 0 fully saturated rings. The molecule has 0 saturated heterocycles. The zero-order valence-electron chi connectivity index (χ0n) is 5.96. The number of nitrogens with two attached hydrogens (primary N) is 1. The first-order chi connectivity index (χ1) is 4.50. The molecule has 0 spiro atoms. The van der Waals surface area contributed by atoms with Crippen molar-refractivity contribution in [3.05, 3.63) is 11.2 Å². The molecule has 1 heterocycles. The Kier molecular flexibility index (Phi) is 1.66. The van der Waals surface area contributed by atoms with Crippen LogP contribution in [-0.4, -0.2) is 10.1 Å². The second kappa shape index (κ2) is 2.21. The summed E-state index contributed by atoms with van der Waals surface area (Å²) in [5, 5.41) is 10.7. The van der Waals surface area contributed by atoms with Crippen LogP contribution in [0.3, 0.4) is 0 Å². The summed E-state index contributed by atoms with van der Waals surface area (Å²) in [7, 11) is 0. The first-order valence-electron chi connectivity index (χ1n) is 2.94. The zero-order valence-corrected chi connectivity index (χ0v) is 6.77. The van der Waals surface area contributed by atoms with Crippen molar-refractivity contribution < 1.29 is 5.11 Å². The molecule has 1 aromatic rings. The summed E-state index contributed by atoms with van der Waals surface area (Å²) < 4.78 is 0. The van der Waals surface area contributed by atoms with Gasteiger partial charge in [0.25, 0.3) is 0 Å². The van der Waals surface area contributed by atoms with Crippen molar-refractivity contribution in [2.75, 3.05) is 5.73 Å². The lowest BCUT2D eigenvalue weighted by molar-refractivity contribution is 0.0783. The number of aromatic nitrogens is 1. The molecule has 0 bridgehead atoms. The minimum absolute atomic E-state index is 0.636. The molecule has 4 heteroatoms. The molecular formula is C6H10N2OS. The predicted molar refractivity (Wildman–Crippen MR) is 41.8 cm³/mol. The highest BCUT2D eigenvalue weighted by molar-refractivity contribution is 7.15. The fourth-order valence-electron chi connectivity index (χ4n) is 0.569. The zero-order chi connectivity index (χ0) is 7.78. The van der Waals surface area contributed by atoms with Gasteiger partial charge in [-0.25, -0.2) is 4.98 Å². The Morgan fingerprint density at radius 1 is 1.70 bits per heavy atom. The van der Waals surface area contributed by atoms with Crippen molar-refractivity contribution in [1.82, 2.24) is 4.98 Å². The molecule has 3 N–H and O–H groups in total. The number of anilines is 1. The van der Waals surface area contributed by atoms with Crippen molar-refractivity contribution in [3.63, 3.8) is 0 Å². The van der Waals surface area contributed by atoms with Crippen molar-refractivity contribution >= 4 is 16.3 Å². The number of rotatable bonds is 1. The van der Waals surface area contributed by atoms with Crippen molar-refractivity contribution in [3.8, 4) is 0 Å². The topological polar surface area (TPSA) is 59.1 Å². The Hall–Kier alpha value is -0.610. The number of thiazole rings is 1. The van der Waals surface area contributed by atoms with Gasteiger partial charge >= 0.3 is 0 Å². The lowest BCUT2D eigenvalue weighted by Crippen LogP contribution is -2.14. The summed E-state index contributed by atoms with van der Waals surface area (Å²) in [4.78, 5) is 3.93. The molecule has 0 atom stereocenters. The third-order valence-electron chi connectivity index (χ3n) is 1.05. The van der Waals surface area contributed by atoms with Crippen LogP contribution in [0.5, 0.6) is 0 Å². The van der Waals surface area contributed by atoms with Crippen LogP contribution in [0.2, 0.25) is 0 Å². The summed E-state index contributed by atoms with van der Waals surface area (Å²) in [6.45, 7) is 3.37. The third-order valence-corrected chi connectivity index (χ3v) is 2.19. The molecule has 1 rings (SSSR count). The van der Waals surface area contributed by atoms with E-state index < -0.39 is 5.60 Å². The lowest BCUT2D eigenvalue weighted by Gasteiger charge is -2.11. The molecular weight excluding hydrogens is 148 g/mol. The molecule has 0 amide bonds. The van der Waals surface area contributed by atoms with Crippen LogP contribution >= 0.6 is 11.3 Å². The molecule has 1 aromatic heterocycles. The molecule has 0 aliphatic carbocycles. The second-order valence-electron chi connectivity index (χ2n) is 2.63. The minimum Gasteiger partial charge on any atom is -0.389 e. The van der Waals surface area contributed by atoms with E-state index in [1.54, 1.807) is 20.0 Å². The summed E-state index contributed by atoms with van der Waals surface area (Å²) in [6.07, 6.45) is 1.55. The highest BCUT2D eigenvalue weighted by atomic mass is 32.1. The van der Waals surface area contributed by atoms with Gasteiger partial charge in [-0.05, 0) is 13.8 Å². The predicted octanol–water partition coefficient (Wildman–Crippen LogP) is 0.953. The van der Waals surface area contributed by atoms with Gasteiger partial charge in [-0.3, -0.25) is 0 Å². The van der Waals surface area contributed by atoms with E-state index in [2.05, 4.69) is 4.98 Å². The SMILES string of the molecule is CC(C)(O)c1ncc(N)s1.